The predicted molar refractivity (Wildman–Crippen MR) is 82.0 cm³/mol. The van der Waals surface area contributed by atoms with Crippen LogP contribution in [0.3, 0.4) is 0 Å². The third-order valence-electron chi connectivity index (χ3n) is 4.81. The van der Waals surface area contributed by atoms with Crippen LogP contribution in [0.4, 0.5) is 0 Å². The van der Waals surface area contributed by atoms with Crippen LogP contribution in [0.5, 0.6) is 0 Å². The van der Waals surface area contributed by atoms with Gasteiger partial charge in [-0.1, -0.05) is 30.3 Å². The Balaban J connectivity index is 1.94. The van der Waals surface area contributed by atoms with Crippen molar-refractivity contribution in [2.45, 2.75) is 62.9 Å². The molecule has 2 fully saturated rings. The molecule has 0 spiro atoms. The Labute approximate surface area is 130 Å². The summed E-state index contributed by atoms with van der Waals surface area (Å²) in [4.78, 5) is 11.5. The average Bonchev–Trinajstić information content (AvgIpc) is 2.57. The van der Waals surface area contributed by atoms with Gasteiger partial charge in [0.1, 0.15) is 0 Å². The number of nitro groups is 1. The Morgan fingerprint density at radius 1 is 1.14 bits per heavy atom. The molecule has 5 heteroatoms. The Hall–Kier alpha value is -1.46. The highest BCUT2D eigenvalue weighted by Crippen LogP contribution is 2.43. The second-order valence-corrected chi connectivity index (χ2v) is 6.22. The summed E-state index contributed by atoms with van der Waals surface area (Å²) >= 11 is 0. The Bertz CT molecular complexity index is 501. The molecule has 0 radical (unpaired) electrons. The third-order valence-corrected chi connectivity index (χ3v) is 4.81. The topological polar surface area (TPSA) is 61.6 Å². The Morgan fingerprint density at radius 2 is 1.91 bits per heavy atom. The molecule has 1 saturated carbocycles. The zero-order chi connectivity index (χ0) is 15.4. The Morgan fingerprint density at radius 3 is 2.59 bits per heavy atom. The van der Waals surface area contributed by atoms with Crippen molar-refractivity contribution in [1.29, 1.82) is 0 Å². The lowest BCUT2D eigenvalue weighted by atomic mass is 9.75. The van der Waals surface area contributed by atoms with Crippen molar-refractivity contribution >= 4 is 0 Å². The van der Waals surface area contributed by atoms with Gasteiger partial charge in [0, 0.05) is 18.0 Å². The van der Waals surface area contributed by atoms with Crippen LogP contribution in [-0.4, -0.2) is 23.9 Å². The van der Waals surface area contributed by atoms with Gasteiger partial charge >= 0.3 is 0 Å². The SMILES string of the molecule is O=[N+]([O-])C1CCCCC1(OC1CCCCO1)c1ccccc1. The largest absolute Gasteiger partial charge is 0.353 e. The maximum Gasteiger partial charge on any atom is 0.245 e. The summed E-state index contributed by atoms with van der Waals surface area (Å²) in [6, 6.07) is 8.98. The molecule has 0 amide bonds. The minimum absolute atomic E-state index is 0.158. The van der Waals surface area contributed by atoms with E-state index in [1.54, 1.807) is 0 Å². The van der Waals surface area contributed by atoms with Gasteiger partial charge in [0.2, 0.25) is 6.04 Å². The van der Waals surface area contributed by atoms with Gasteiger partial charge in [-0.3, -0.25) is 10.1 Å². The lowest BCUT2D eigenvalue weighted by Crippen LogP contribution is -2.51. The van der Waals surface area contributed by atoms with Crippen molar-refractivity contribution in [3.8, 4) is 0 Å². The normalized spacial score (nSPS) is 32.5. The van der Waals surface area contributed by atoms with Gasteiger partial charge < -0.3 is 9.47 Å². The lowest BCUT2D eigenvalue weighted by molar-refractivity contribution is -0.558. The van der Waals surface area contributed by atoms with Crippen molar-refractivity contribution in [3.05, 3.63) is 46.0 Å². The van der Waals surface area contributed by atoms with Gasteiger partial charge in [-0.15, -0.1) is 0 Å². The molecule has 3 unspecified atom stereocenters. The molecule has 1 aromatic carbocycles. The van der Waals surface area contributed by atoms with Crippen LogP contribution < -0.4 is 0 Å². The van der Waals surface area contributed by atoms with E-state index in [2.05, 4.69) is 0 Å². The highest BCUT2D eigenvalue weighted by Gasteiger charge is 2.52. The van der Waals surface area contributed by atoms with E-state index in [1.807, 2.05) is 30.3 Å². The third kappa shape index (κ3) is 3.01. The molecule has 120 valence electrons. The predicted octanol–water partition coefficient (Wildman–Crippen LogP) is 3.64. The van der Waals surface area contributed by atoms with Crippen molar-refractivity contribution < 1.29 is 14.4 Å². The van der Waals surface area contributed by atoms with E-state index >= 15 is 0 Å². The van der Waals surface area contributed by atoms with Crippen LogP contribution >= 0.6 is 0 Å². The molecule has 3 atom stereocenters. The van der Waals surface area contributed by atoms with Gasteiger partial charge in [-0.25, -0.2) is 0 Å². The first kappa shape index (κ1) is 15.4. The van der Waals surface area contributed by atoms with Gasteiger partial charge in [0.15, 0.2) is 11.9 Å². The second kappa shape index (κ2) is 6.75. The fraction of sp³-hybridized carbons (Fsp3) is 0.647. The molecular formula is C17H23NO4. The molecule has 0 aromatic heterocycles. The zero-order valence-electron chi connectivity index (χ0n) is 12.8. The molecule has 1 heterocycles. The molecule has 1 aliphatic heterocycles. The smallest absolute Gasteiger partial charge is 0.245 e. The fourth-order valence-electron chi connectivity index (χ4n) is 3.70. The van der Waals surface area contributed by atoms with Crippen LogP contribution in [0.2, 0.25) is 0 Å². The maximum atomic E-state index is 11.7. The number of ether oxygens (including phenoxy) is 2. The highest BCUT2D eigenvalue weighted by molar-refractivity contribution is 5.25. The van der Waals surface area contributed by atoms with E-state index in [0.29, 0.717) is 19.4 Å². The molecule has 22 heavy (non-hydrogen) atoms. The van der Waals surface area contributed by atoms with Crippen molar-refractivity contribution in [2.75, 3.05) is 6.61 Å². The molecule has 3 rings (SSSR count). The molecular weight excluding hydrogens is 282 g/mol. The summed E-state index contributed by atoms with van der Waals surface area (Å²) in [6.45, 7) is 0.679. The molecule has 1 saturated heterocycles. The maximum absolute atomic E-state index is 11.7. The molecule has 0 bridgehead atoms. The quantitative estimate of drug-likeness (QED) is 0.629. The average molecular weight is 305 g/mol. The first-order valence-electron chi connectivity index (χ1n) is 8.21. The first-order chi connectivity index (χ1) is 10.7. The first-order valence-corrected chi connectivity index (χ1v) is 8.21. The number of nitrogens with zero attached hydrogens (tertiary/aromatic N) is 1. The molecule has 5 nitrogen and oxygen atoms in total. The second-order valence-electron chi connectivity index (χ2n) is 6.22. The summed E-state index contributed by atoms with van der Waals surface area (Å²) in [5, 5.41) is 11.7. The van der Waals surface area contributed by atoms with E-state index in [4.69, 9.17) is 9.47 Å². The highest BCUT2D eigenvalue weighted by atomic mass is 16.7. The van der Waals surface area contributed by atoms with Crippen molar-refractivity contribution in [1.82, 2.24) is 0 Å². The number of rotatable bonds is 4. The number of benzene rings is 1. The molecule has 0 N–H and O–H groups in total. The fourth-order valence-corrected chi connectivity index (χ4v) is 3.70. The van der Waals surface area contributed by atoms with E-state index < -0.39 is 11.6 Å². The summed E-state index contributed by atoms with van der Waals surface area (Å²) in [7, 11) is 0. The van der Waals surface area contributed by atoms with Gasteiger partial charge in [0.25, 0.3) is 0 Å². The van der Waals surface area contributed by atoms with E-state index in [9.17, 15) is 10.1 Å². The Kier molecular flexibility index (Phi) is 4.74. The van der Waals surface area contributed by atoms with Crippen molar-refractivity contribution in [3.63, 3.8) is 0 Å². The van der Waals surface area contributed by atoms with E-state index in [-0.39, 0.29) is 11.2 Å². The number of hydrogen-bond donors (Lipinski definition) is 0. The molecule has 1 aliphatic carbocycles. The zero-order valence-corrected chi connectivity index (χ0v) is 12.8. The van der Waals surface area contributed by atoms with Gasteiger partial charge in [-0.05, 0) is 44.1 Å². The van der Waals surface area contributed by atoms with Crippen LogP contribution in [0.1, 0.15) is 50.5 Å². The van der Waals surface area contributed by atoms with Crippen LogP contribution in [0.15, 0.2) is 30.3 Å². The van der Waals surface area contributed by atoms with E-state index in [1.165, 1.54) is 0 Å². The lowest BCUT2D eigenvalue weighted by Gasteiger charge is -2.42. The van der Waals surface area contributed by atoms with Gasteiger partial charge in [0.05, 0.1) is 0 Å². The standard InChI is InChI=1S/C17H23NO4/c19-18(20)15-10-4-6-12-17(15,14-8-2-1-3-9-14)22-16-11-5-7-13-21-16/h1-3,8-9,15-16H,4-7,10-13H2. The van der Waals surface area contributed by atoms with Crippen LogP contribution in [0.25, 0.3) is 0 Å². The minimum Gasteiger partial charge on any atom is -0.353 e. The summed E-state index contributed by atoms with van der Waals surface area (Å²) < 4.78 is 12.0. The molecule has 2 aliphatic rings. The van der Waals surface area contributed by atoms with Crippen LogP contribution in [-0.2, 0) is 15.1 Å². The van der Waals surface area contributed by atoms with Gasteiger partial charge in [-0.2, -0.15) is 0 Å². The number of hydrogen-bond acceptors (Lipinski definition) is 4. The van der Waals surface area contributed by atoms with E-state index in [0.717, 1.165) is 37.7 Å². The summed E-state index contributed by atoms with van der Waals surface area (Å²) in [5.74, 6) is 0. The van der Waals surface area contributed by atoms with Crippen molar-refractivity contribution in [2.24, 2.45) is 0 Å². The van der Waals surface area contributed by atoms with Crippen LogP contribution in [0, 0.1) is 10.1 Å². The summed E-state index contributed by atoms with van der Waals surface area (Å²) in [6.07, 6.45) is 5.67. The molecule has 1 aromatic rings. The summed E-state index contributed by atoms with van der Waals surface area (Å²) in [5.41, 5.74) is 0.0518. The minimum atomic E-state index is -0.856. The monoisotopic (exact) mass is 305 g/mol.